The highest BCUT2D eigenvalue weighted by molar-refractivity contribution is 6.06. The molecule has 2 N–H and O–H groups in total. The van der Waals surface area contributed by atoms with E-state index in [0.29, 0.717) is 17.7 Å². The fourth-order valence-corrected chi connectivity index (χ4v) is 1.91. The molecule has 22 heavy (non-hydrogen) atoms. The van der Waals surface area contributed by atoms with Crippen LogP contribution in [0.5, 0.6) is 5.75 Å². The molecule has 1 amide bonds. The number of hydrogen-bond donors (Lipinski definition) is 2. The summed E-state index contributed by atoms with van der Waals surface area (Å²) < 4.78 is 50.7. The van der Waals surface area contributed by atoms with Crippen molar-refractivity contribution >= 4 is 11.6 Å². The van der Waals surface area contributed by atoms with Gasteiger partial charge in [0.2, 0.25) is 0 Å². The maximum atomic E-state index is 13.2. The number of carbonyl (C=O) groups excluding carboxylic acids is 1. The second-order valence-corrected chi connectivity index (χ2v) is 4.70. The number of amides is 1. The lowest BCUT2D eigenvalue weighted by atomic mass is 10.1. The van der Waals surface area contributed by atoms with Gasteiger partial charge in [-0.3, -0.25) is 4.79 Å². The minimum Gasteiger partial charge on any atom is -0.507 e. The molecule has 116 valence electrons. The monoisotopic (exact) mass is 313 g/mol. The Balaban J connectivity index is 2.26. The summed E-state index contributed by atoms with van der Waals surface area (Å²) in [6.07, 6.45) is -4.62. The fraction of sp³-hybridized carbons (Fsp3) is 0.133. The lowest BCUT2D eigenvalue weighted by Crippen LogP contribution is -2.13. The number of phenols is 1. The van der Waals surface area contributed by atoms with Crippen molar-refractivity contribution in [1.82, 2.24) is 0 Å². The van der Waals surface area contributed by atoms with Crippen molar-refractivity contribution in [3.05, 3.63) is 58.9 Å². The maximum Gasteiger partial charge on any atom is 0.416 e. The third-order valence-corrected chi connectivity index (χ3v) is 2.87. The molecule has 0 atom stereocenters. The first-order valence-electron chi connectivity index (χ1n) is 6.15. The van der Waals surface area contributed by atoms with Crippen LogP contribution in [-0.4, -0.2) is 11.0 Å². The number of hydrogen-bond acceptors (Lipinski definition) is 2. The van der Waals surface area contributed by atoms with Gasteiger partial charge in [-0.2, -0.15) is 13.2 Å². The highest BCUT2D eigenvalue weighted by Gasteiger charge is 2.31. The largest absolute Gasteiger partial charge is 0.507 e. The smallest absolute Gasteiger partial charge is 0.416 e. The molecule has 0 spiro atoms. The van der Waals surface area contributed by atoms with Crippen LogP contribution in [0.4, 0.5) is 23.2 Å². The molecule has 7 heteroatoms. The minimum atomic E-state index is -4.62. The van der Waals surface area contributed by atoms with Crippen molar-refractivity contribution in [2.75, 3.05) is 5.32 Å². The van der Waals surface area contributed by atoms with Gasteiger partial charge in [-0.25, -0.2) is 4.39 Å². The van der Waals surface area contributed by atoms with E-state index in [1.807, 2.05) is 0 Å². The Morgan fingerprint density at radius 1 is 1.14 bits per heavy atom. The first-order chi connectivity index (χ1) is 10.2. The average Bonchev–Trinajstić information content (AvgIpc) is 2.35. The second-order valence-electron chi connectivity index (χ2n) is 4.70. The molecule has 0 saturated heterocycles. The van der Waals surface area contributed by atoms with Gasteiger partial charge < -0.3 is 10.4 Å². The van der Waals surface area contributed by atoms with Gasteiger partial charge in [-0.1, -0.05) is 0 Å². The van der Waals surface area contributed by atoms with Gasteiger partial charge in [-0.15, -0.1) is 0 Å². The second kappa shape index (κ2) is 5.67. The number of alkyl halides is 3. The Hall–Kier alpha value is -2.57. The summed E-state index contributed by atoms with van der Waals surface area (Å²) in [5, 5.41) is 11.9. The number of anilines is 1. The standard InChI is InChI=1S/C15H11F4NO2/c1-8-4-10(16)7-11(5-8)20-14(22)12-3-2-9(6-13(12)21)15(17,18)19/h2-7,21H,1H3,(H,20,22). The molecule has 0 saturated carbocycles. The zero-order chi connectivity index (χ0) is 16.5. The lowest BCUT2D eigenvalue weighted by Gasteiger charge is -2.11. The zero-order valence-electron chi connectivity index (χ0n) is 11.3. The number of halogens is 4. The predicted molar refractivity (Wildman–Crippen MR) is 72.2 cm³/mol. The fourth-order valence-electron chi connectivity index (χ4n) is 1.91. The summed E-state index contributed by atoms with van der Waals surface area (Å²) in [6, 6.07) is 5.82. The average molecular weight is 313 g/mol. The summed E-state index contributed by atoms with van der Waals surface area (Å²) >= 11 is 0. The van der Waals surface area contributed by atoms with Gasteiger partial charge in [0.25, 0.3) is 5.91 Å². The molecule has 0 heterocycles. The van der Waals surface area contributed by atoms with Crippen LogP contribution in [0.3, 0.4) is 0 Å². The highest BCUT2D eigenvalue weighted by Crippen LogP contribution is 2.32. The number of rotatable bonds is 2. The van der Waals surface area contributed by atoms with E-state index >= 15 is 0 Å². The van der Waals surface area contributed by atoms with Gasteiger partial charge in [0.15, 0.2) is 0 Å². The van der Waals surface area contributed by atoms with E-state index in [1.54, 1.807) is 6.92 Å². The van der Waals surface area contributed by atoms with E-state index in [1.165, 1.54) is 12.1 Å². The van der Waals surface area contributed by atoms with Gasteiger partial charge in [0, 0.05) is 5.69 Å². The van der Waals surface area contributed by atoms with E-state index in [0.717, 1.165) is 12.1 Å². The molecule has 0 radical (unpaired) electrons. The Morgan fingerprint density at radius 3 is 2.36 bits per heavy atom. The Kier molecular flexibility index (Phi) is 4.07. The summed E-state index contributed by atoms with van der Waals surface area (Å²) in [5.74, 6) is -2.20. The quantitative estimate of drug-likeness (QED) is 0.820. The van der Waals surface area contributed by atoms with E-state index in [2.05, 4.69) is 5.32 Å². The highest BCUT2D eigenvalue weighted by atomic mass is 19.4. The molecule has 0 aliphatic rings. The SMILES string of the molecule is Cc1cc(F)cc(NC(=O)c2ccc(C(F)(F)F)cc2O)c1. The normalized spacial score (nSPS) is 11.3. The number of benzene rings is 2. The molecule has 2 aromatic rings. The molecule has 0 bridgehead atoms. The number of aromatic hydroxyl groups is 1. The van der Waals surface area contributed by atoms with Crippen LogP contribution in [0.2, 0.25) is 0 Å². The van der Waals surface area contributed by atoms with E-state index < -0.39 is 29.2 Å². The van der Waals surface area contributed by atoms with Crippen molar-refractivity contribution in [2.24, 2.45) is 0 Å². The molecular formula is C15H11F4NO2. The van der Waals surface area contributed by atoms with E-state index in [4.69, 9.17) is 0 Å². The van der Waals surface area contributed by atoms with Crippen molar-refractivity contribution in [1.29, 1.82) is 0 Å². The van der Waals surface area contributed by atoms with Gasteiger partial charge >= 0.3 is 6.18 Å². The lowest BCUT2D eigenvalue weighted by molar-refractivity contribution is -0.137. The molecule has 0 aliphatic carbocycles. The Bertz CT molecular complexity index is 706. The summed E-state index contributed by atoms with van der Waals surface area (Å²) in [5.41, 5.74) is -0.702. The summed E-state index contributed by atoms with van der Waals surface area (Å²) in [6.45, 7) is 1.62. The molecule has 0 fully saturated rings. The third-order valence-electron chi connectivity index (χ3n) is 2.87. The van der Waals surface area contributed by atoms with Crippen LogP contribution in [0.15, 0.2) is 36.4 Å². The molecule has 3 nitrogen and oxygen atoms in total. The first-order valence-corrected chi connectivity index (χ1v) is 6.15. The number of aryl methyl sites for hydroxylation is 1. The van der Waals surface area contributed by atoms with Crippen LogP contribution >= 0.6 is 0 Å². The van der Waals surface area contributed by atoms with E-state index in [9.17, 15) is 27.5 Å². The molecule has 0 unspecified atom stereocenters. The van der Waals surface area contributed by atoms with Gasteiger partial charge in [0.1, 0.15) is 11.6 Å². The summed E-state index contributed by atoms with van der Waals surface area (Å²) in [4.78, 5) is 11.9. The van der Waals surface area contributed by atoms with Crippen molar-refractivity contribution in [2.45, 2.75) is 13.1 Å². The third kappa shape index (κ3) is 3.55. The molecule has 2 aromatic carbocycles. The van der Waals surface area contributed by atoms with Crippen molar-refractivity contribution in [3.8, 4) is 5.75 Å². The van der Waals surface area contributed by atoms with Crippen molar-refractivity contribution in [3.63, 3.8) is 0 Å². The van der Waals surface area contributed by atoms with Crippen molar-refractivity contribution < 1.29 is 27.5 Å². The molecule has 0 aromatic heterocycles. The minimum absolute atomic E-state index is 0.141. The Morgan fingerprint density at radius 2 is 1.82 bits per heavy atom. The predicted octanol–water partition coefficient (Wildman–Crippen LogP) is 4.11. The van der Waals surface area contributed by atoms with Crippen LogP contribution in [0.1, 0.15) is 21.5 Å². The molecular weight excluding hydrogens is 302 g/mol. The topological polar surface area (TPSA) is 49.3 Å². The first kappa shape index (κ1) is 15.8. The number of phenolic OH excluding ortho intramolecular Hbond substituents is 1. The van der Waals surface area contributed by atoms with E-state index in [-0.39, 0.29) is 11.3 Å². The van der Waals surface area contributed by atoms with Gasteiger partial charge in [-0.05, 0) is 48.9 Å². The zero-order valence-corrected chi connectivity index (χ0v) is 11.3. The maximum absolute atomic E-state index is 13.2. The van der Waals surface area contributed by atoms with Gasteiger partial charge in [0.05, 0.1) is 11.1 Å². The molecule has 2 rings (SSSR count). The number of carbonyl (C=O) groups is 1. The summed E-state index contributed by atoms with van der Waals surface area (Å²) in [7, 11) is 0. The van der Waals surface area contributed by atoms with Crippen LogP contribution < -0.4 is 5.32 Å². The number of nitrogens with one attached hydrogen (secondary N) is 1. The van der Waals surface area contributed by atoms with Crippen LogP contribution in [-0.2, 0) is 6.18 Å². The van der Waals surface area contributed by atoms with Crippen LogP contribution in [0, 0.1) is 12.7 Å². The Labute approximate surface area is 123 Å². The van der Waals surface area contributed by atoms with Crippen LogP contribution in [0.25, 0.3) is 0 Å². The molecule has 0 aliphatic heterocycles.